The van der Waals surface area contributed by atoms with E-state index in [0.29, 0.717) is 12.0 Å². The van der Waals surface area contributed by atoms with Gasteiger partial charge in [-0.2, -0.15) is 5.10 Å². The zero-order chi connectivity index (χ0) is 12.1. The molecule has 1 rings (SSSR count). The van der Waals surface area contributed by atoms with Gasteiger partial charge in [0, 0.05) is 37.8 Å². The van der Waals surface area contributed by atoms with Crippen molar-refractivity contribution in [2.75, 3.05) is 0 Å². The van der Waals surface area contributed by atoms with Gasteiger partial charge in [-0.25, -0.2) is 0 Å². The van der Waals surface area contributed by atoms with E-state index in [2.05, 4.69) is 43.3 Å². The van der Waals surface area contributed by atoms with Crippen LogP contribution in [0, 0.1) is 12.3 Å². The SMILES string of the molecule is C#CCC(C)NCc1cn(C)nc1C(C)C. The molecule has 0 aliphatic heterocycles. The predicted molar refractivity (Wildman–Crippen MR) is 67.0 cm³/mol. The highest BCUT2D eigenvalue weighted by Gasteiger charge is 2.11. The Kier molecular flexibility index (Phi) is 4.57. The van der Waals surface area contributed by atoms with Crippen molar-refractivity contribution >= 4 is 0 Å². The summed E-state index contributed by atoms with van der Waals surface area (Å²) in [6.07, 6.45) is 8.11. The van der Waals surface area contributed by atoms with Gasteiger partial charge in [0.25, 0.3) is 0 Å². The van der Waals surface area contributed by atoms with Crippen LogP contribution < -0.4 is 5.32 Å². The summed E-state index contributed by atoms with van der Waals surface area (Å²) in [6, 6.07) is 0.352. The average Bonchev–Trinajstić information content (AvgIpc) is 2.57. The second-order valence-electron chi connectivity index (χ2n) is 4.56. The number of hydrogen-bond acceptors (Lipinski definition) is 2. The highest BCUT2D eigenvalue weighted by molar-refractivity contribution is 5.20. The van der Waals surface area contributed by atoms with Crippen LogP contribution in [0.25, 0.3) is 0 Å². The summed E-state index contributed by atoms with van der Waals surface area (Å²) < 4.78 is 1.87. The van der Waals surface area contributed by atoms with E-state index in [9.17, 15) is 0 Å². The molecule has 0 amide bonds. The molecule has 0 aromatic carbocycles. The smallest absolute Gasteiger partial charge is 0.0694 e. The zero-order valence-electron chi connectivity index (χ0n) is 10.6. The third-order valence-electron chi connectivity index (χ3n) is 2.55. The van der Waals surface area contributed by atoms with Crippen LogP contribution in [0.4, 0.5) is 0 Å². The van der Waals surface area contributed by atoms with Gasteiger partial charge >= 0.3 is 0 Å². The van der Waals surface area contributed by atoms with E-state index in [1.807, 2.05) is 11.7 Å². The first-order valence-corrected chi connectivity index (χ1v) is 5.73. The number of aryl methyl sites for hydroxylation is 1. The fourth-order valence-electron chi connectivity index (χ4n) is 1.71. The first-order chi connectivity index (χ1) is 7.54. The Labute approximate surface area is 98.2 Å². The van der Waals surface area contributed by atoms with Crippen molar-refractivity contribution in [1.82, 2.24) is 15.1 Å². The maximum atomic E-state index is 5.27. The molecular formula is C13H21N3. The van der Waals surface area contributed by atoms with Crippen LogP contribution in [0.1, 0.15) is 44.4 Å². The summed E-state index contributed by atoms with van der Waals surface area (Å²) in [5.74, 6) is 3.12. The van der Waals surface area contributed by atoms with Crippen LogP contribution in [0.5, 0.6) is 0 Å². The van der Waals surface area contributed by atoms with E-state index < -0.39 is 0 Å². The van der Waals surface area contributed by atoms with Crippen LogP contribution >= 0.6 is 0 Å². The standard InChI is InChI=1S/C13H21N3/c1-6-7-11(4)14-8-12-9-16(5)15-13(12)10(2)3/h1,9-11,14H,7-8H2,2-5H3. The molecule has 1 N–H and O–H groups in total. The number of nitrogens with zero attached hydrogens (tertiary/aromatic N) is 2. The molecule has 0 saturated carbocycles. The van der Waals surface area contributed by atoms with Crippen molar-refractivity contribution in [2.24, 2.45) is 7.05 Å². The zero-order valence-corrected chi connectivity index (χ0v) is 10.6. The van der Waals surface area contributed by atoms with Crippen molar-refractivity contribution in [3.63, 3.8) is 0 Å². The molecule has 1 heterocycles. The summed E-state index contributed by atoms with van der Waals surface area (Å²) in [5.41, 5.74) is 2.43. The molecule has 0 spiro atoms. The topological polar surface area (TPSA) is 29.9 Å². The minimum absolute atomic E-state index is 0.352. The molecule has 0 bridgehead atoms. The maximum Gasteiger partial charge on any atom is 0.0694 e. The molecular weight excluding hydrogens is 198 g/mol. The Morgan fingerprint density at radius 2 is 2.19 bits per heavy atom. The minimum Gasteiger partial charge on any atom is -0.309 e. The van der Waals surface area contributed by atoms with Crippen molar-refractivity contribution in [2.45, 2.75) is 45.7 Å². The van der Waals surface area contributed by atoms with E-state index in [0.717, 1.165) is 13.0 Å². The van der Waals surface area contributed by atoms with Crippen LogP contribution in [-0.2, 0) is 13.6 Å². The number of nitrogens with one attached hydrogen (secondary N) is 1. The van der Waals surface area contributed by atoms with Crippen LogP contribution in [0.15, 0.2) is 6.20 Å². The minimum atomic E-state index is 0.352. The molecule has 0 aliphatic rings. The molecule has 1 unspecified atom stereocenters. The van der Waals surface area contributed by atoms with Gasteiger partial charge in [-0.15, -0.1) is 12.3 Å². The van der Waals surface area contributed by atoms with Crippen molar-refractivity contribution in [1.29, 1.82) is 0 Å². The van der Waals surface area contributed by atoms with Crippen molar-refractivity contribution < 1.29 is 0 Å². The van der Waals surface area contributed by atoms with E-state index in [-0.39, 0.29) is 0 Å². The highest BCUT2D eigenvalue weighted by Crippen LogP contribution is 2.17. The molecule has 16 heavy (non-hydrogen) atoms. The van der Waals surface area contributed by atoms with Gasteiger partial charge < -0.3 is 5.32 Å². The molecule has 0 radical (unpaired) electrons. The third kappa shape index (κ3) is 3.39. The Morgan fingerprint density at radius 3 is 2.75 bits per heavy atom. The molecule has 0 aliphatic carbocycles. The predicted octanol–water partition coefficient (Wildman–Crippen LogP) is 2.04. The Balaban J connectivity index is 2.63. The first-order valence-electron chi connectivity index (χ1n) is 5.73. The second-order valence-corrected chi connectivity index (χ2v) is 4.56. The number of hydrogen-bond donors (Lipinski definition) is 1. The number of aromatic nitrogens is 2. The maximum absolute atomic E-state index is 5.27. The lowest BCUT2D eigenvalue weighted by Crippen LogP contribution is -2.25. The summed E-state index contributed by atoms with van der Waals surface area (Å²) in [5, 5.41) is 7.88. The van der Waals surface area contributed by atoms with Gasteiger partial charge in [-0.1, -0.05) is 13.8 Å². The molecule has 1 aromatic rings. The van der Waals surface area contributed by atoms with E-state index in [1.165, 1.54) is 11.3 Å². The summed E-state index contributed by atoms with van der Waals surface area (Å²) in [4.78, 5) is 0. The lowest BCUT2D eigenvalue weighted by atomic mass is 10.1. The van der Waals surface area contributed by atoms with Gasteiger partial charge in [0.2, 0.25) is 0 Å². The van der Waals surface area contributed by atoms with Gasteiger partial charge in [-0.3, -0.25) is 4.68 Å². The molecule has 0 fully saturated rings. The molecule has 88 valence electrons. The van der Waals surface area contributed by atoms with Crippen molar-refractivity contribution in [3.05, 3.63) is 17.5 Å². The average molecular weight is 219 g/mol. The summed E-state index contributed by atoms with van der Waals surface area (Å²) >= 11 is 0. The molecule has 0 saturated heterocycles. The highest BCUT2D eigenvalue weighted by atomic mass is 15.3. The lowest BCUT2D eigenvalue weighted by Gasteiger charge is -2.11. The fourth-order valence-corrected chi connectivity index (χ4v) is 1.71. The summed E-state index contributed by atoms with van der Waals surface area (Å²) in [7, 11) is 1.96. The molecule has 3 nitrogen and oxygen atoms in total. The van der Waals surface area contributed by atoms with Gasteiger partial charge in [0.05, 0.1) is 5.69 Å². The Morgan fingerprint density at radius 1 is 1.50 bits per heavy atom. The Hall–Kier alpha value is -1.27. The summed E-state index contributed by atoms with van der Waals surface area (Å²) in [6.45, 7) is 7.27. The van der Waals surface area contributed by atoms with Crippen LogP contribution in [0.3, 0.4) is 0 Å². The number of rotatable bonds is 5. The first kappa shape index (κ1) is 12.8. The molecule has 1 atom stereocenters. The van der Waals surface area contributed by atoms with Gasteiger partial charge in [0.15, 0.2) is 0 Å². The number of terminal acetylenes is 1. The van der Waals surface area contributed by atoms with E-state index in [1.54, 1.807) is 0 Å². The van der Waals surface area contributed by atoms with Crippen LogP contribution in [0.2, 0.25) is 0 Å². The molecule has 3 heteroatoms. The van der Waals surface area contributed by atoms with Crippen molar-refractivity contribution in [3.8, 4) is 12.3 Å². The second kappa shape index (κ2) is 5.72. The van der Waals surface area contributed by atoms with E-state index >= 15 is 0 Å². The quantitative estimate of drug-likeness (QED) is 0.768. The lowest BCUT2D eigenvalue weighted by molar-refractivity contribution is 0.556. The largest absolute Gasteiger partial charge is 0.309 e. The van der Waals surface area contributed by atoms with Gasteiger partial charge in [-0.05, 0) is 12.8 Å². The molecule has 1 aromatic heterocycles. The monoisotopic (exact) mass is 219 g/mol. The van der Waals surface area contributed by atoms with E-state index in [4.69, 9.17) is 6.42 Å². The normalized spacial score (nSPS) is 12.8. The van der Waals surface area contributed by atoms with Gasteiger partial charge in [0.1, 0.15) is 0 Å². The fraction of sp³-hybridized carbons (Fsp3) is 0.615. The Bertz CT molecular complexity index is 371. The van der Waals surface area contributed by atoms with Crippen LogP contribution in [-0.4, -0.2) is 15.8 Å². The third-order valence-corrected chi connectivity index (χ3v) is 2.55.